The molecule has 2 heterocycles. The zero-order valence-corrected chi connectivity index (χ0v) is 28.6. The number of hydrogen-bond acceptors (Lipinski definition) is 2. The molecule has 8 aromatic rings. The molecule has 2 nitrogen and oxygen atoms in total. The van der Waals surface area contributed by atoms with E-state index in [0.29, 0.717) is 0 Å². The molecule has 0 aliphatic carbocycles. The molecule has 0 amide bonds. The van der Waals surface area contributed by atoms with Crippen LogP contribution in [0.2, 0.25) is 0 Å². The number of nitrogens with zero attached hydrogens (tertiary/aromatic N) is 2. The molecule has 6 aromatic carbocycles. The molecule has 0 atom stereocenters. The average molecular weight is 621 g/mol. The third kappa shape index (κ3) is 5.13. The van der Waals surface area contributed by atoms with Crippen LogP contribution in [-0.4, -0.2) is 9.97 Å². The van der Waals surface area contributed by atoms with Crippen molar-refractivity contribution in [1.82, 2.24) is 9.97 Å². The number of pyridine rings is 2. The number of aromatic nitrogens is 2. The lowest BCUT2D eigenvalue weighted by atomic mass is 9.84. The highest BCUT2D eigenvalue weighted by molar-refractivity contribution is 6.29. The predicted octanol–water partition coefficient (Wildman–Crippen LogP) is 12.7. The largest absolute Gasteiger partial charge is 0.256 e. The molecule has 0 aliphatic rings. The summed E-state index contributed by atoms with van der Waals surface area (Å²) in [4.78, 5) is 9.84. The highest BCUT2D eigenvalue weighted by atomic mass is 14.7. The summed E-state index contributed by atoms with van der Waals surface area (Å²) in [6.45, 7) is 13.6. The van der Waals surface area contributed by atoms with Crippen molar-refractivity contribution in [3.05, 3.63) is 145 Å². The SMILES string of the molecule is CC(C)(C)c1ccnc(-c2ccc3cccc(-c4cc(-c5cc(C(C)(C)C)ccn5)c5c6ccccc6c6ccccc6c5c4)c3c2)c1. The van der Waals surface area contributed by atoms with E-state index in [0.717, 1.165) is 22.5 Å². The Hall–Kier alpha value is -5.34. The first-order valence-electron chi connectivity index (χ1n) is 16.9. The minimum absolute atomic E-state index is 0.00420. The van der Waals surface area contributed by atoms with E-state index < -0.39 is 0 Å². The second-order valence-electron chi connectivity index (χ2n) is 15.1. The molecule has 0 unspecified atom stereocenters. The summed E-state index contributed by atoms with van der Waals surface area (Å²) < 4.78 is 0. The third-order valence-corrected chi connectivity index (χ3v) is 9.86. The molecule has 0 fully saturated rings. The zero-order valence-electron chi connectivity index (χ0n) is 28.6. The Morgan fingerprint density at radius 1 is 0.396 bits per heavy atom. The summed E-state index contributed by atoms with van der Waals surface area (Å²) in [5.41, 5.74) is 9.27. The topological polar surface area (TPSA) is 25.8 Å². The molecule has 0 saturated carbocycles. The van der Waals surface area contributed by atoms with Crippen molar-refractivity contribution in [1.29, 1.82) is 0 Å². The summed E-state index contributed by atoms with van der Waals surface area (Å²) in [6, 6.07) is 44.6. The molecule has 0 spiro atoms. The smallest absolute Gasteiger partial charge is 0.0711 e. The van der Waals surface area contributed by atoms with Gasteiger partial charge >= 0.3 is 0 Å². The van der Waals surface area contributed by atoms with Crippen molar-refractivity contribution in [2.75, 3.05) is 0 Å². The minimum Gasteiger partial charge on any atom is -0.256 e. The Kier molecular flexibility index (Phi) is 6.96. The second kappa shape index (κ2) is 11.1. The highest BCUT2D eigenvalue weighted by Gasteiger charge is 2.20. The van der Waals surface area contributed by atoms with E-state index in [4.69, 9.17) is 9.97 Å². The van der Waals surface area contributed by atoms with Crippen molar-refractivity contribution in [2.24, 2.45) is 0 Å². The van der Waals surface area contributed by atoms with Crippen molar-refractivity contribution >= 4 is 43.1 Å². The van der Waals surface area contributed by atoms with E-state index in [-0.39, 0.29) is 10.8 Å². The van der Waals surface area contributed by atoms with Crippen molar-refractivity contribution < 1.29 is 0 Å². The van der Waals surface area contributed by atoms with Crippen LogP contribution in [0.25, 0.3) is 76.7 Å². The number of rotatable bonds is 3. The van der Waals surface area contributed by atoms with Crippen LogP contribution in [0.5, 0.6) is 0 Å². The molecule has 0 bridgehead atoms. The third-order valence-electron chi connectivity index (χ3n) is 9.86. The van der Waals surface area contributed by atoms with Crippen LogP contribution in [0.15, 0.2) is 134 Å². The summed E-state index contributed by atoms with van der Waals surface area (Å²) >= 11 is 0. The Bertz CT molecular complexity index is 2530. The Morgan fingerprint density at radius 3 is 1.62 bits per heavy atom. The minimum atomic E-state index is 0.00420. The lowest BCUT2D eigenvalue weighted by molar-refractivity contribution is 0.589. The first kappa shape index (κ1) is 30.0. The van der Waals surface area contributed by atoms with Gasteiger partial charge < -0.3 is 0 Å². The molecule has 0 saturated heterocycles. The van der Waals surface area contributed by atoms with Gasteiger partial charge in [-0.05, 0) is 119 Å². The fourth-order valence-electron chi connectivity index (χ4n) is 7.17. The molecular weight excluding hydrogens is 581 g/mol. The zero-order chi connectivity index (χ0) is 33.2. The molecular formula is C46H40N2. The fourth-order valence-corrected chi connectivity index (χ4v) is 7.17. The van der Waals surface area contributed by atoms with E-state index >= 15 is 0 Å². The lowest BCUT2D eigenvalue weighted by Gasteiger charge is -2.21. The normalized spacial score (nSPS) is 12.4. The van der Waals surface area contributed by atoms with Gasteiger partial charge in [0.05, 0.1) is 11.4 Å². The average Bonchev–Trinajstić information content (AvgIpc) is 3.10. The van der Waals surface area contributed by atoms with Gasteiger partial charge in [-0.3, -0.25) is 9.97 Å². The second-order valence-corrected chi connectivity index (χ2v) is 15.1. The monoisotopic (exact) mass is 620 g/mol. The maximum Gasteiger partial charge on any atom is 0.0711 e. The van der Waals surface area contributed by atoms with Gasteiger partial charge in [0.2, 0.25) is 0 Å². The van der Waals surface area contributed by atoms with Crippen molar-refractivity contribution in [2.45, 2.75) is 52.4 Å². The van der Waals surface area contributed by atoms with Gasteiger partial charge in [0.1, 0.15) is 0 Å². The van der Waals surface area contributed by atoms with E-state index in [1.165, 1.54) is 65.3 Å². The van der Waals surface area contributed by atoms with Gasteiger partial charge in [-0.1, -0.05) is 120 Å². The van der Waals surface area contributed by atoms with Gasteiger partial charge in [0.25, 0.3) is 0 Å². The van der Waals surface area contributed by atoms with E-state index in [9.17, 15) is 0 Å². The maximum atomic E-state index is 5.03. The Balaban J connectivity index is 1.45. The number of fused-ring (bicyclic) bond motifs is 7. The lowest BCUT2D eigenvalue weighted by Crippen LogP contribution is -2.11. The Labute approximate surface area is 283 Å². The van der Waals surface area contributed by atoms with E-state index in [1.807, 2.05) is 12.4 Å². The fraction of sp³-hybridized carbons (Fsp3) is 0.174. The molecule has 2 aromatic heterocycles. The summed E-state index contributed by atoms with van der Waals surface area (Å²) in [7, 11) is 0. The molecule has 2 heteroatoms. The van der Waals surface area contributed by atoms with E-state index in [1.54, 1.807) is 0 Å². The molecule has 0 aliphatic heterocycles. The maximum absolute atomic E-state index is 5.03. The van der Waals surface area contributed by atoms with Crippen LogP contribution < -0.4 is 0 Å². The Morgan fingerprint density at radius 2 is 0.958 bits per heavy atom. The van der Waals surface area contributed by atoms with Gasteiger partial charge in [0.15, 0.2) is 0 Å². The molecule has 0 N–H and O–H groups in total. The van der Waals surface area contributed by atoms with Crippen LogP contribution in [0, 0.1) is 0 Å². The van der Waals surface area contributed by atoms with E-state index in [2.05, 4.69) is 163 Å². The van der Waals surface area contributed by atoms with Crippen LogP contribution in [0.1, 0.15) is 52.7 Å². The van der Waals surface area contributed by atoms with Crippen molar-refractivity contribution in [3.8, 4) is 33.6 Å². The molecule has 0 radical (unpaired) electrons. The van der Waals surface area contributed by atoms with Crippen molar-refractivity contribution in [3.63, 3.8) is 0 Å². The highest BCUT2D eigenvalue weighted by Crippen LogP contribution is 2.44. The molecule has 48 heavy (non-hydrogen) atoms. The molecule has 234 valence electrons. The first-order valence-corrected chi connectivity index (χ1v) is 16.9. The summed E-state index contributed by atoms with van der Waals surface area (Å²) in [6.07, 6.45) is 3.91. The van der Waals surface area contributed by atoms with Gasteiger partial charge in [-0.2, -0.15) is 0 Å². The predicted molar refractivity (Wildman–Crippen MR) is 206 cm³/mol. The molecule has 8 rings (SSSR count). The van der Waals surface area contributed by atoms with Gasteiger partial charge in [-0.25, -0.2) is 0 Å². The van der Waals surface area contributed by atoms with Crippen LogP contribution in [0.4, 0.5) is 0 Å². The number of hydrogen-bond donors (Lipinski definition) is 0. The van der Waals surface area contributed by atoms with Crippen LogP contribution in [-0.2, 0) is 10.8 Å². The van der Waals surface area contributed by atoms with Gasteiger partial charge in [-0.15, -0.1) is 0 Å². The standard InChI is InChI=1S/C46H40N2/c1-45(2,3)32-20-22-47-42(27-32)30-19-18-29-12-11-17-34(39(29)24-30)31-25-40-37-15-8-7-13-35(37)36-14-9-10-16-38(36)44(40)41(26-31)43-28-33(21-23-48-43)46(4,5)6/h7-28H,1-6H3. The first-order chi connectivity index (χ1) is 23.1. The van der Waals surface area contributed by atoms with Crippen LogP contribution in [0.3, 0.4) is 0 Å². The summed E-state index contributed by atoms with van der Waals surface area (Å²) in [5.74, 6) is 0. The quantitative estimate of drug-likeness (QED) is 0.184. The van der Waals surface area contributed by atoms with Gasteiger partial charge in [0, 0.05) is 23.5 Å². The number of benzene rings is 6. The summed E-state index contributed by atoms with van der Waals surface area (Å²) in [5, 5.41) is 9.95. The van der Waals surface area contributed by atoms with Crippen LogP contribution >= 0.6 is 0 Å².